The summed E-state index contributed by atoms with van der Waals surface area (Å²) in [5.41, 5.74) is 0. The molecule has 0 aromatic heterocycles. The number of aliphatic hydroxyl groups excluding tert-OH is 4. The molecule has 0 aromatic carbocycles. The average molecular weight is 912 g/mol. The minimum Gasteiger partial charge on any atom is -0.393 e. The fraction of sp³-hybridized carbons (Fsp3) is 0.935. The highest BCUT2D eigenvalue weighted by atomic mass is 31.2. The van der Waals surface area contributed by atoms with Gasteiger partial charge in [-0.15, -0.1) is 0 Å². The largest absolute Gasteiger partial charge is 0.472 e. The summed E-state index contributed by atoms with van der Waals surface area (Å²) in [4.78, 5) is 32.5. The number of hydrogen-bond donors (Lipinski definition) is 6. The van der Waals surface area contributed by atoms with Gasteiger partial charge in [-0.1, -0.05) is 174 Å². The molecular weight excluding hydrogens is 821 g/mol. The molecule has 1 saturated heterocycles. The van der Waals surface area contributed by atoms with Crippen LogP contribution in [0.3, 0.4) is 0 Å². The molecule has 0 bridgehead atoms. The van der Waals surface area contributed by atoms with Gasteiger partial charge in [0.2, 0.25) is 5.91 Å². The number of rotatable bonds is 43. The van der Waals surface area contributed by atoms with Gasteiger partial charge in [0.25, 0.3) is 0 Å². The minimum atomic E-state index is -4.42. The van der Waals surface area contributed by atoms with Gasteiger partial charge in [0.15, 0.2) is 6.29 Å². The third kappa shape index (κ3) is 30.2. The van der Waals surface area contributed by atoms with E-state index in [4.69, 9.17) is 33.0 Å². The van der Waals surface area contributed by atoms with Crippen molar-refractivity contribution < 1.29 is 67.7 Å². The van der Waals surface area contributed by atoms with E-state index in [0.717, 1.165) is 38.5 Å². The van der Waals surface area contributed by atoms with E-state index >= 15 is 0 Å². The summed E-state index contributed by atoms with van der Waals surface area (Å²) in [5.74, 6) is -0.319. The Bertz CT molecular complexity index is 1120. The minimum absolute atomic E-state index is 0.0507. The third-order valence-corrected chi connectivity index (χ3v) is 12.3. The molecule has 1 amide bonds. The molecule has 6 N–H and O–H groups in total. The second-order valence-corrected chi connectivity index (χ2v) is 18.4. The van der Waals surface area contributed by atoms with Crippen LogP contribution < -0.4 is 5.32 Å². The molecule has 5 unspecified atom stereocenters. The maximum Gasteiger partial charge on any atom is 0.472 e. The van der Waals surface area contributed by atoms with Crippen LogP contribution in [0.2, 0.25) is 0 Å². The van der Waals surface area contributed by atoms with Crippen molar-refractivity contribution in [3.8, 4) is 0 Å². The maximum absolute atomic E-state index is 12.4. The standard InChI is InChI=1S/C46H90NO14P/c1-5-7-9-11-13-15-17-19-21-23-25-27-29-31-33-58-62(53,54)59-35-39(34-48)61-57-37-42-43(50)44(51)45(52)46(60-42)56-36-40(47-38(3)49)41(55-4)32-30-28-26-24-22-20-18-16-14-12-10-8-6-2/h30,32,39-46,48,50-52H,5-29,31,33-37H2,1-4H3,(H,47,49)(H,53,54)/b32-30+/t39?,40-,41-,42?,43+,44?,45?,46+/m0/s1. The van der Waals surface area contributed by atoms with Gasteiger partial charge in [-0.05, 0) is 19.3 Å². The lowest BCUT2D eigenvalue weighted by molar-refractivity contribution is -0.368. The second-order valence-electron chi connectivity index (χ2n) is 17.0. The number of methoxy groups -OCH3 is 1. The summed E-state index contributed by atoms with van der Waals surface area (Å²) in [6.07, 6.45) is 25.9. The van der Waals surface area contributed by atoms with E-state index in [2.05, 4.69) is 19.2 Å². The zero-order valence-corrected chi connectivity index (χ0v) is 39.9. The van der Waals surface area contributed by atoms with Crippen LogP contribution in [0, 0.1) is 0 Å². The number of phosphoric acid groups is 1. The van der Waals surface area contributed by atoms with Crippen LogP contribution in [0.5, 0.6) is 0 Å². The van der Waals surface area contributed by atoms with Crippen LogP contribution in [-0.2, 0) is 42.4 Å². The van der Waals surface area contributed by atoms with Gasteiger partial charge < -0.3 is 44.8 Å². The SMILES string of the molecule is CCCCCCCCCCCCC/C=C/[C@H](OC)[C@H](CO[C@@H]1OC(COOC(CO)COP(=O)(O)OCCCCCCCCCCCCCCCC)[C@@H](O)C(O)C1O)NC(C)=O. The molecule has 1 fully saturated rings. The number of carbonyl (C=O) groups is 1. The van der Waals surface area contributed by atoms with E-state index in [0.29, 0.717) is 6.42 Å². The van der Waals surface area contributed by atoms with Crippen molar-refractivity contribution in [2.75, 3.05) is 40.1 Å². The summed E-state index contributed by atoms with van der Waals surface area (Å²) < 4.78 is 39.7. The predicted octanol–water partition coefficient (Wildman–Crippen LogP) is 8.51. The number of phosphoric ester groups is 1. The lowest BCUT2D eigenvalue weighted by Gasteiger charge is -2.40. The Hall–Kier alpha value is -1.04. The van der Waals surface area contributed by atoms with Crippen molar-refractivity contribution in [1.29, 1.82) is 0 Å². The summed E-state index contributed by atoms with van der Waals surface area (Å²) in [6.45, 7) is 4.07. The Labute approximate surface area is 374 Å². The second kappa shape index (κ2) is 39.2. The molecule has 368 valence electrons. The Morgan fingerprint density at radius 3 is 1.69 bits per heavy atom. The lowest BCUT2D eigenvalue weighted by atomic mass is 9.99. The van der Waals surface area contributed by atoms with Crippen molar-refractivity contribution in [3.63, 3.8) is 0 Å². The Balaban J connectivity index is 2.41. The molecule has 16 heteroatoms. The van der Waals surface area contributed by atoms with Gasteiger partial charge in [0.1, 0.15) is 37.1 Å². The quantitative estimate of drug-likeness (QED) is 0.0111. The van der Waals surface area contributed by atoms with E-state index in [9.17, 15) is 34.7 Å². The lowest BCUT2D eigenvalue weighted by Crippen LogP contribution is -2.60. The first kappa shape index (κ1) is 59.0. The third-order valence-electron chi connectivity index (χ3n) is 11.3. The molecule has 0 aliphatic carbocycles. The molecule has 1 aliphatic rings. The number of amides is 1. The van der Waals surface area contributed by atoms with Gasteiger partial charge in [-0.3, -0.25) is 13.8 Å². The Morgan fingerprint density at radius 1 is 0.710 bits per heavy atom. The van der Waals surface area contributed by atoms with Crippen molar-refractivity contribution in [2.45, 2.75) is 237 Å². The summed E-state index contributed by atoms with van der Waals surface area (Å²) in [5, 5.41) is 44.4. The van der Waals surface area contributed by atoms with E-state index in [1.165, 1.54) is 136 Å². The van der Waals surface area contributed by atoms with E-state index in [1.54, 1.807) is 0 Å². The number of carbonyl (C=O) groups excluding carboxylic acids is 1. The predicted molar refractivity (Wildman–Crippen MR) is 241 cm³/mol. The van der Waals surface area contributed by atoms with Crippen LogP contribution >= 0.6 is 7.82 Å². The van der Waals surface area contributed by atoms with Crippen LogP contribution in [-0.4, -0.2) is 120 Å². The summed E-state index contributed by atoms with van der Waals surface area (Å²) >= 11 is 0. The van der Waals surface area contributed by atoms with Gasteiger partial charge in [0.05, 0.1) is 38.6 Å². The molecule has 1 aliphatic heterocycles. The fourth-order valence-corrected chi connectivity index (χ4v) is 8.20. The maximum atomic E-state index is 12.4. The molecule has 0 aromatic rings. The molecule has 9 atom stereocenters. The smallest absolute Gasteiger partial charge is 0.393 e. The summed E-state index contributed by atoms with van der Waals surface area (Å²) in [7, 11) is -2.90. The van der Waals surface area contributed by atoms with Gasteiger partial charge in [-0.25, -0.2) is 14.3 Å². The number of hydrogen-bond acceptors (Lipinski definition) is 13. The number of aliphatic hydroxyl groups is 4. The average Bonchev–Trinajstić information content (AvgIpc) is 3.25. The summed E-state index contributed by atoms with van der Waals surface area (Å²) in [6, 6.07) is -0.667. The Kier molecular flexibility index (Phi) is 37.2. The van der Waals surface area contributed by atoms with Crippen LogP contribution in [0.25, 0.3) is 0 Å². The van der Waals surface area contributed by atoms with Crippen molar-refractivity contribution in [1.82, 2.24) is 5.32 Å². The first-order valence-electron chi connectivity index (χ1n) is 24.3. The molecule has 0 radical (unpaired) electrons. The molecule has 62 heavy (non-hydrogen) atoms. The van der Waals surface area contributed by atoms with Gasteiger partial charge in [0, 0.05) is 14.0 Å². The highest BCUT2D eigenvalue weighted by molar-refractivity contribution is 7.47. The number of nitrogens with one attached hydrogen (secondary N) is 1. The first-order chi connectivity index (χ1) is 30.0. The highest BCUT2D eigenvalue weighted by Gasteiger charge is 2.45. The highest BCUT2D eigenvalue weighted by Crippen LogP contribution is 2.43. The van der Waals surface area contributed by atoms with Crippen LogP contribution in [0.15, 0.2) is 12.2 Å². The zero-order chi connectivity index (χ0) is 45.7. The topological polar surface area (TPSA) is 212 Å². The van der Waals surface area contributed by atoms with E-state index < -0.39 is 76.6 Å². The van der Waals surface area contributed by atoms with E-state index in [-0.39, 0.29) is 19.1 Å². The normalized spacial score (nSPS) is 21.9. The van der Waals surface area contributed by atoms with Crippen molar-refractivity contribution in [2.24, 2.45) is 0 Å². The molecule has 15 nitrogen and oxygen atoms in total. The van der Waals surface area contributed by atoms with Crippen molar-refractivity contribution in [3.05, 3.63) is 12.2 Å². The molecule has 0 saturated carbocycles. The fourth-order valence-electron chi connectivity index (χ4n) is 7.41. The number of unbranched alkanes of at least 4 members (excludes halogenated alkanes) is 24. The van der Waals surface area contributed by atoms with Gasteiger partial charge >= 0.3 is 7.82 Å². The molecule has 1 heterocycles. The number of allylic oxidation sites excluding steroid dienone is 1. The Morgan fingerprint density at radius 2 is 1.21 bits per heavy atom. The number of ether oxygens (including phenoxy) is 3. The van der Waals surface area contributed by atoms with Crippen LogP contribution in [0.4, 0.5) is 0 Å². The first-order valence-corrected chi connectivity index (χ1v) is 25.8. The monoisotopic (exact) mass is 912 g/mol. The molecule has 0 spiro atoms. The molecule has 1 rings (SSSR count). The van der Waals surface area contributed by atoms with Crippen molar-refractivity contribution >= 4 is 13.7 Å². The zero-order valence-electron chi connectivity index (χ0n) is 39.1. The van der Waals surface area contributed by atoms with Gasteiger partial charge in [-0.2, -0.15) is 0 Å². The van der Waals surface area contributed by atoms with Crippen LogP contribution in [0.1, 0.15) is 188 Å². The van der Waals surface area contributed by atoms with E-state index in [1.807, 2.05) is 12.2 Å². The molecular formula is C46H90NO14P.